The molecule has 0 bridgehead atoms. The van der Waals surface area contributed by atoms with Gasteiger partial charge in [-0.2, -0.15) is 0 Å². The van der Waals surface area contributed by atoms with Gasteiger partial charge < -0.3 is 19.3 Å². The Balaban J connectivity index is 1.59. The van der Waals surface area contributed by atoms with Gasteiger partial charge in [0.1, 0.15) is 5.75 Å². The molecule has 3 aromatic rings. The van der Waals surface area contributed by atoms with Crippen LogP contribution in [0.2, 0.25) is 0 Å². The van der Waals surface area contributed by atoms with E-state index in [2.05, 4.69) is 4.98 Å². The molecule has 1 aromatic heterocycles. The molecular weight excluding hydrogens is 416 g/mol. The lowest BCUT2D eigenvalue weighted by molar-refractivity contribution is 0.0790. The molecule has 0 aliphatic carbocycles. The molecule has 1 atom stereocenters. The fraction of sp³-hybridized carbons (Fsp3) is 0.346. The van der Waals surface area contributed by atoms with Crippen molar-refractivity contribution in [2.45, 2.75) is 18.9 Å². The highest BCUT2D eigenvalue weighted by Gasteiger charge is 2.31. The molecule has 4 rings (SSSR count). The Bertz CT molecular complexity index is 1100. The Morgan fingerprint density at radius 2 is 1.82 bits per heavy atom. The van der Waals surface area contributed by atoms with Crippen molar-refractivity contribution in [3.63, 3.8) is 0 Å². The second-order valence-electron chi connectivity index (χ2n) is 8.46. The molecule has 2 aromatic carbocycles. The van der Waals surface area contributed by atoms with Gasteiger partial charge in [0.05, 0.1) is 19.4 Å². The second-order valence-corrected chi connectivity index (χ2v) is 8.46. The van der Waals surface area contributed by atoms with Crippen LogP contribution in [0.15, 0.2) is 54.7 Å². The Hall–Kier alpha value is -3.45. The minimum atomic E-state index is 0.0503. The van der Waals surface area contributed by atoms with E-state index in [9.17, 15) is 4.79 Å². The quantitative estimate of drug-likeness (QED) is 0.547. The van der Waals surface area contributed by atoms with Crippen molar-refractivity contribution in [1.82, 2.24) is 14.9 Å². The zero-order chi connectivity index (χ0) is 23.4. The number of carbonyl (C=O) groups excluding carboxylic acids is 1. The summed E-state index contributed by atoms with van der Waals surface area (Å²) >= 11 is 0. The van der Waals surface area contributed by atoms with E-state index >= 15 is 0 Å². The summed E-state index contributed by atoms with van der Waals surface area (Å²) in [5.74, 6) is 1.66. The van der Waals surface area contributed by atoms with Crippen molar-refractivity contribution >= 4 is 11.9 Å². The van der Waals surface area contributed by atoms with Crippen LogP contribution >= 0.6 is 0 Å². The minimum Gasteiger partial charge on any atom is -0.497 e. The van der Waals surface area contributed by atoms with Crippen LogP contribution in [0, 0.1) is 0 Å². The van der Waals surface area contributed by atoms with Gasteiger partial charge in [-0.3, -0.25) is 4.79 Å². The van der Waals surface area contributed by atoms with Crippen LogP contribution in [-0.2, 0) is 11.3 Å². The first kappa shape index (κ1) is 22.7. The highest BCUT2D eigenvalue weighted by molar-refractivity contribution is 5.94. The summed E-state index contributed by atoms with van der Waals surface area (Å²) < 4.78 is 10.5. The zero-order valence-corrected chi connectivity index (χ0v) is 19.6. The Morgan fingerprint density at radius 3 is 2.45 bits per heavy atom. The van der Waals surface area contributed by atoms with Gasteiger partial charge in [0, 0.05) is 57.5 Å². The third-order valence-corrected chi connectivity index (χ3v) is 5.98. The van der Waals surface area contributed by atoms with Gasteiger partial charge >= 0.3 is 0 Å². The van der Waals surface area contributed by atoms with E-state index in [1.807, 2.05) is 78.6 Å². The predicted molar refractivity (Wildman–Crippen MR) is 129 cm³/mol. The Labute approximate surface area is 195 Å². The fourth-order valence-electron chi connectivity index (χ4n) is 4.17. The second kappa shape index (κ2) is 10.0. The number of rotatable bonds is 7. The van der Waals surface area contributed by atoms with E-state index in [1.165, 1.54) is 0 Å². The van der Waals surface area contributed by atoms with E-state index in [0.29, 0.717) is 31.2 Å². The largest absolute Gasteiger partial charge is 0.497 e. The van der Waals surface area contributed by atoms with E-state index in [4.69, 9.17) is 14.5 Å². The predicted octanol–water partition coefficient (Wildman–Crippen LogP) is 3.99. The molecule has 2 heterocycles. The van der Waals surface area contributed by atoms with Gasteiger partial charge in [0.15, 0.2) is 0 Å². The molecule has 0 spiro atoms. The number of hydrogen-bond donors (Lipinski definition) is 0. The van der Waals surface area contributed by atoms with Crippen LogP contribution in [0.25, 0.3) is 11.1 Å². The van der Waals surface area contributed by atoms with E-state index in [-0.39, 0.29) is 11.8 Å². The van der Waals surface area contributed by atoms with Crippen molar-refractivity contribution in [2.75, 3.05) is 46.3 Å². The number of hydrogen-bond acceptors (Lipinski definition) is 6. The number of likely N-dealkylation sites (tertiary alicyclic amines) is 1. The first-order valence-electron chi connectivity index (χ1n) is 11.1. The first-order chi connectivity index (χ1) is 16.0. The Kier molecular flexibility index (Phi) is 6.89. The van der Waals surface area contributed by atoms with Gasteiger partial charge in [0.2, 0.25) is 5.95 Å². The van der Waals surface area contributed by atoms with Gasteiger partial charge in [-0.25, -0.2) is 9.97 Å². The highest BCUT2D eigenvalue weighted by atomic mass is 16.5. The standard InChI is InChI=1S/C26H30N4O3/c1-29(2)26-27-15-23(19-9-11-22(33-4)12-10-19)24(28-26)21-13-14-30(16-21)25(31)20-7-5-18(6-8-20)17-32-3/h5-12,15,21H,13-14,16-17H2,1-4H3. The topological polar surface area (TPSA) is 67.8 Å². The molecule has 172 valence electrons. The van der Waals surface area contributed by atoms with Crippen molar-refractivity contribution in [3.05, 3.63) is 71.5 Å². The molecule has 0 radical (unpaired) electrons. The van der Waals surface area contributed by atoms with Crippen LogP contribution in [0.4, 0.5) is 5.95 Å². The van der Waals surface area contributed by atoms with Crippen molar-refractivity contribution in [2.24, 2.45) is 0 Å². The Morgan fingerprint density at radius 1 is 1.09 bits per heavy atom. The number of nitrogens with zero attached hydrogens (tertiary/aromatic N) is 4. The summed E-state index contributed by atoms with van der Waals surface area (Å²) in [7, 11) is 7.19. The van der Waals surface area contributed by atoms with Gasteiger partial charge in [0.25, 0.3) is 5.91 Å². The summed E-state index contributed by atoms with van der Waals surface area (Å²) in [6.07, 6.45) is 2.75. The average molecular weight is 447 g/mol. The number of anilines is 1. The molecule has 7 heteroatoms. The number of carbonyl (C=O) groups is 1. The molecule has 0 N–H and O–H groups in total. The lowest BCUT2D eigenvalue weighted by Crippen LogP contribution is -2.28. The maximum absolute atomic E-state index is 13.1. The molecule has 1 amide bonds. The average Bonchev–Trinajstić information content (AvgIpc) is 3.34. The molecule has 1 fully saturated rings. The van der Waals surface area contributed by atoms with Crippen molar-refractivity contribution in [3.8, 4) is 16.9 Å². The normalized spacial score (nSPS) is 15.5. The van der Waals surface area contributed by atoms with Crippen LogP contribution < -0.4 is 9.64 Å². The molecule has 33 heavy (non-hydrogen) atoms. The summed E-state index contributed by atoms with van der Waals surface area (Å²) in [4.78, 5) is 26.4. The maximum Gasteiger partial charge on any atom is 0.253 e. The lowest BCUT2D eigenvalue weighted by Gasteiger charge is -2.20. The number of amides is 1. The maximum atomic E-state index is 13.1. The van der Waals surface area contributed by atoms with Crippen LogP contribution in [0.5, 0.6) is 5.75 Å². The molecule has 1 unspecified atom stereocenters. The van der Waals surface area contributed by atoms with Crippen molar-refractivity contribution < 1.29 is 14.3 Å². The fourth-order valence-corrected chi connectivity index (χ4v) is 4.17. The molecule has 1 saturated heterocycles. The molecule has 7 nitrogen and oxygen atoms in total. The third-order valence-electron chi connectivity index (χ3n) is 5.98. The number of methoxy groups -OCH3 is 2. The lowest BCUT2D eigenvalue weighted by atomic mass is 9.96. The number of ether oxygens (including phenoxy) is 2. The van der Waals surface area contributed by atoms with E-state index < -0.39 is 0 Å². The summed E-state index contributed by atoms with van der Waals surface area (Å²) in [5.41, 5.74) is 4.75. The monoisotopic (exact) mass is 446 g/mol. The molecule has 1 aliphatic rings. The number of benzene rings is 2. The van der Waals surface area contributed by atoms with Crippen molar-refractivity contribution in [1.29, 1.82) is 0 Å². The van der Waals surface area contributed by atoms with Gasteiger partial charge in [-0.15, -0.1) is 0 Å². The SMILES string of the molecule is COCc1ccc(C(=O)N2CCC(c3nc(N(C)C)ncc3-c3ccc(OC)cc3)C2)cc1. The zero-order valence-electron chi connectivity index (χ0n) is 19.6. The first-order valence-corrected chi connectivity index (χ1v) is 11.1. The van der Waals surface area contributed by atoms with Crippen LogP contribution in [0.1, 0.15) is 34.0 Å². The van der Waals surface area contributed by atoms with Gasteiger partial charge in [-0.05, 0) is 41.8 Å². The number of aromatic nitrogens is 2. The molecule has 0 saturated carbocycles. The van der Waals surface area contributed by atoms with Crippen LogP contribution in [0.3, 0.4) is 0 Å². The van der Waals surface area contributed by atoms with Crippen LogP contribution in [-0.4, -0.2) is 62.2 Å². The summed E-state index contributed by atoms with van der Waals surface area (Å²) in [6.45, 7) is 1.87. The molecule has 1 aliphatic heterocycles. The summed E-state index contributed by atoms with van der Waals surface area (Å²) in [6, 6.07) is 15.6. The highest BCUT2D eigenvalue weighted by Crippen LogP contribution is 2.35. The third kappa shape index (κ3) is 4.98. The smallest absolute Gasteiger partial charge is 0.253 e. The minimum absolute atomic E-state index is 0.0503. The van der Waals surface area contributed by atoms with E-state index in [1.54, 1.807) is 14.2 Å². The van der Waals surface area contributed by atoms with E-state index in [0.717, 1.165) is 34.6 Å². The summed E-state index contributed by atoms with van der Waals surface area (Å²) in [5, 5.41) is 0. The molecular formula is C26H30N4O3. The van der Waals surface area contributed by atoms with Gasteiger partial charge in [-0.1, -0.05) is 24.3 Å².